The first-order chi connectivity index (χ1) is 8.99. The third kappa shape index (κ3) is 3.93. The molecule has 0 amide bonds. The summed E-state index contributed by atoms with van der Waals surface area (Å²) < 4.78 is 5.08. The maximum atomic E-state index is 12.1. The fraction of sp³-hybridized carbons (Fsp3) is 0.438. The summed E-state index contributed by atoms with van der Waals surface area (Å²) >= 11 is 0. The van der Waals surface area contributed by atoms with Crippen molar-refractivity contribution in [3.8, 4) is 0 Å². The number of ether oxygens (including phenoxy) is 1. The van der Waals surface area contributed by atoms with Crippen LogP contribution in [-0.2, 0) is 9.53 Å². The molecular weight excluding hydrogens is 240 g/mol. The molecule has 0 aliphatic rings. The number of carbonyl (C=O) groups excluding carboxylic acids is 1. The lowest BCUT2D eigenvalue weighted by molar-refractivity contribution is -0.150. The first-order valence-electron chi connectivity index (χ1n) is 6.52. The number of carbonyl (C=O) groups is 1. The summed E-state index contributed by atoms with van der Waals surface area (Å²) in [5, 5.41) is 10.5. The Morgan fingerprint density at radius 1 is 1.21 bits per heavy atom. The van der Waals surface area contributed by atoms with Gasteiger partial charge in [0.2, 0.25) is 0 Å². The molecular formula is C16H22O3. The molecule has 0 fully saturated rings. The molecule has 1 N–H and O–H groups in total. The van der Waals surface area contributed by atoms with Gasteiger partial charge >= 0.3 is 5.97 Å². The standard InChI is InChI=1S/C16H22O3/c1-5-19-16(18)14(12(4)11(2)3)15(17)13-9-7-6-8-10-13/h6-10,14-15,17H,5H2,1-4H3/t14-,15-/m1/s1. The SMILES string of the molecule is CCOC(=O)[C@H](C(C)=C(C)C)[C@H](O)c1ccccc1. The molecule has 1 aromatic rings. The quantitative estimate of drug-likeness (QED) is 0.654. The molecule has 104 valence electrons. The molecule has 0 saturated heterocycles. The van der Waals surface area contributed by atoms with Gasteiger partial charge < -0.3 is 9.84 Å². The highest BCUT2D eigenvalue weighted by Crippen LogP contribution is 2.30. The molecule has 0 spiro atoms. The summed E-state index contributed by atoms with van der Waals surface area (Å²) in [4.78, 5) is 12.1. The Kier molecular flexibility index (Phi) is 5.77. The summed E-state index contributed by atoms with van der Waals surface area (Å²) in [5.41, 5.74) is 2.60. The van der Waals surface area contributed by atoms with Crippen LogP contribution in [0.15, 0.2) is 41.5 Å². The topological polar surface area (TPSA) is 46.5 Å². The average Bonchev–Trinajstić information content (AvgIpc) is 2.40. The maximum absolute atomic E-state index is 12.1. The number of aliphatic hydroxyl groups is 1. The first kappa shape index (κ1) is 15.4. The van der Waals surface area contributed by atoms with E-state index >= 15 is 0 Å². The number of esters is 1. The summed E-state index contributed by atoms with van der Waals surface area (Å²) in [5.74, 6) is -1.02. The summed E-state index contributed by atoms with van der Waals surface area (Å²) in [6, 6.07) is 9.20. The maximum Gasteiger partial charge on any atom is 0.316 e. The Balaban J connectivity index is 3.10. The van der Waals surface area contributed by atoms with Crippen LogP contribution < -0.4 is 0 Å². The van der Waals surface area contributed by atoms with Gasteiger partial charge in [0, 0.05) is 0 Å². The highest BCUT2D eigenvalue weighted by atomic mass is 16.5. The van der Waals surface area contributed by atoms with Gasteiger partial charge in [0.1, 0.15) is 5.92 Å². The molecule has 1 rings (SSSR count). The predicted molar refractivity (Wildman–Crippen MR) is 75.6 cm³/mol. The van der Waals surface area contributed by atoms with Crippen molar-refractivity contribution in [1.82, 2.24) is 0 Å². The van der Waals surface area contributed by atoms with Gasteiger partial charge in [0.05, 0.1) is 12.7 Å². The Bertz CT molecular complexity index is 444. The largest absolute Gasteiger partial charge is 0.465 e. The third-order valence-corrected chi connectivity index (χ3v) is 3.25. The molecule has 3 heteroatoms. The van der Waals surface area contributed by atoms with Crippen LogP contribution in [-0.4, -0.2) is 17.7 Å². The van der Waals surface area contributed by atoms with Crippen LogP contribution in [0.1, 0.15) is 39.4 Å². The molecule has 0 aromatic heterocycles. The van der Waals surface area contributed by atoms with Crippen molar-refractivity contribution in [2.45, 2.75) is 33.8 Å². The molecule has 0 radical (unpaired) electrons. The minimum absolute atomic E-state index is 0.312. The minimum Gasteiger partial charge on any atom is -0.465 e. The lowest BCUT2D eigenvalue weighted by Crippen LogP contribution is -2.26. The second-order valence-electron chi connectivity index (χ2n) is 4.77. The van der Waals surface area contributed by atoms with Crippen molar-refractivity contribution in [1.29, 1.82) is 0 Å². The zero-order valence-electron chi connectivity index (χ0n) is 12.0. The van der Waals surface area contributed by atoms with Crippen molar-refractivity contribution < 1.29 is 14.6 Å². The number of hydrogen-bond donors (Lipinski definition) is 1. The van der Waals surface area contributed by atoms with Gasteiger partial charge in [0.15, 0.2) is 0 Å². The van der Waals surface area contributed by atoms with Crippen molar-refractivity contribution in [3.05, 3.63) is 47.0 Å². The predicted octanol–water partition coefficient (Wildman–Crippen LogP) is 3.26. The molecule has 0 heterocycles. The van der Waals surface area contributed by atoms with Gasteiger partial charge in [-0.2, -0.15) is 0 Å². The van der Waals surface area contributed by atoms with E-state index in [-0.39, 0.29) is 5.97 Å². The second kappa shape index (κ2) is 7.10. The van der Waals surface area contributed by atoms with Gasteiger partial charge in [-0.15, -0.1) is 0 Å². The highest BCUT2D eigenvalue weighted by Gasteiger charge is 2.31. The fourth-order valence-corrected chi connectivity index (χ4v) is 1.93. The van der Waals surface area contributed by atoms with E-state index in [1.165, 1.54) is 0 Å². The van der Waals surface area contributed by atoms with Crippen LogP contribution in [0.3, 0.4) is 0 Å². The van der Waals surface area contributed by atoms with Gasteiger partial charge in [-0.3, -0.25) is 4.79 Å². The van der Waals surface area contributed by atoms with Crippen molar-refractivity contribution in [3.63, 3.8) is 0 Å². The van der Waals surface area contributed by atoms with E-state index in [1.54, 1.807) is 6.92 Å². The van der Waals surface area contributed by atoms with Gasteiger partial charge in [-0.1, -0.05) is 41.5 Å². The molecule has 0 bridgehead atoms. The fourth-order valence-electron chi connectivity index (χ4n) is 1.93. The van der Waals surface area contributed by atoms with E-state index in [0.717, 1.165) is 16.7 Å². The van der Waals surface area contributed by atoms with E-state index < -0.39 is 12.0 Å². The normalized spacial score (nSPS) is 13.5. The third-order valence-electron chi connectivity index (χ3n) is 3.25. The van der Waals surface area contributed by atoms with E-state index in [0.29, 0.717) is 6.61 Å². The number of hydrogen-bond acceptors (Lipinski definition) is 3. The van der Waals surface area contributed by atoms with Crippen LogP contribution in [0, 0.1) is 5.92 Å². The van der Waals surface area contributed by atoms with Crippen LogP contribution in [0.5, 0.6) is 0 Å². The van der Waals surface area contributed by atoms with E-state index in [4.69, 9.17) is 4.74 Å². The summed E-state index contributed by atoms with van der Waals surface area (Å²) in [6.45, 7) is 7.80. The Morgan fingerprint density at radius 3 is 2.26 bits per heavy atom. The van der Waals surface area contributed by atoms with Gasteiger partial charge in [0.25, 0.3) is 0 Å². The van der Waals surface area contributed by atoms with E-state index in [2.05, 4.69) is 0 Å². The molecule has 19 heavy (non-hydrogen) atoms. The monoisotopic (exact) mass is 262 g/mol. The molecule has 1 aromatic carbocycles. The smallest absolute Gasteiger partial charge is 0.316 e. The zero-order valence-corrected chi connectivity index (χ0v) is 12.0. The van der Waals surface area contributed by atoms with Gasteiger partial charge in [-0.05, 0) is 33.3 Å². The first-order valence-corrected chi connectivity index (χ1v) is 6.52. The number of rotatable bonds is 5. The molecule has 3 nitrogen and oxygen atoms in total. The highest BCUT2D eigenvalue weighted by molar-refractivity contribution is 5.77. The molecule has 2 atom stereocenters. The van der Waals surface area contributed by atoms with Crippen molar-refractivity contribution >= 4 is 5.97 Å². The van der Waals surface area contributed by atoms with Crippen LogP contribution >= 0.6 is 0 Å². The lowest BCUT2D eigenvalue weighted by Gasteiger charge is -2.23. The minimum atomic E-state index is -0.879. The molecule has 0 aliphatic carbocycles. The molecule has 0 saturated carbocycles. The van der Waals surface area contributed by atoms with E-state index in [9.17, 15) is 9.90 Å². The van der Waals surface area contributed by atoms with Gasteiger partial charge in [-0.25, -0.2) is 0 Å². The number of aliphatic hydroxyl groups excluding tert-OH is 1. The average molecular weight is 262 g/mol. The Labute approximate surface area is 114 Å². The Hall–Kier alpha value is -1.61. The van der Waals surface area contributed by atoms with Crippen molar-refractivity contribution in [2.24, 2.45) is 5.92 Å². The summed E-state index contributed by atoms with van der Waals surface area (Å²) in [7, 11) is 0. The number of benzene rings is 1. The van der Waals surface area contributed by atoms with Crippen molar-refractivity contribution in [2.75, 3.05) is 6.61 Å². The Morgan fingerprint density at radius 2 is 1.79 bits per heavy atom. The number of allylic oxidation sites excluding steroid dienone is 1. The molecule has 0 unspecified atom stereocenters. The summed E-state index contributed by atoms with van der Waals surface area (Å²) in [6.07, 6.45) is -0.879. The zero-order chi connectivity index (χ0) is 14.4. The van der Waals surface area contributed by atoms with E-state index in [1.807, 2.05) is 51.1 Å². The molecule has 0 aliphatic heterocycles. The second-order valence-corrected chi connectivity index (χ2v) is 4.77. The van der Waals surface area contributed by atoms with Crippen LogP contribution in [0.2, 0.25) is 0 Å². The van der Waals surface area contributed by atoms with Crippen LogP contribution in [0.25, 0.3) is 0 Å². The lowest BCUT2D eigenvalue weighted by atomic mass is 9.87. The van der Waals surface area contributed by atoms with Crippen LogP contribution in [0.4, 0.5) is 0 Å².